The maximum Gasteiger partial charge on any atom is 0.348 e. The summed E-state index contributed by atoms with van der Waals surface area (Å²) in [6, 6.07) is 13.2. The van der Waals surface area contributed by atoms with Gasteiger partial charge in [-0.2, -0.15) is 0 Å². The smallest absolute Gasteiger partial charge is 0.348 e. The fourth-order valence-corrected chi connectivity index (χ4v) is 3.35. The van der Waals surface area contributed by atoms with Gasteiger partial charge in [0.15, 0.2) is 5.58 Å². The number of methoxy groups -OCH3 is 2. The standard InChI is InChI=1S/C22H21NO5/c1-13-5-4-6-16-19(13)28-22(24)18-17(14-7-9-15(26-3)10-8-14)21(27-20(16)18)23-11-12-25-2/h4-10,23H,11-12H2,1-3H3. The molecule has 0 aliphatic heterocycles. The van der Waals surface area contributed by atoms with E-state index in [9.17, 15) is 4.79 Å². The maximum atomic E-state index is 12.9. The van der Waals surface area contributed by atoms with Gasteiger partial charge in [0, 0.05) is 13.7 Å². The summed E-state index contributed by atoms with van der Waals surface area (Å²) in [7, 11) is 3.25. The first-order valence-corrected chi connectivity index (χ1v) is 9.00. The molecule has 0 radical (unpaired) electrons. The van der Waals surface area contributed by atoms with Crippen molar-refractivity contribution in [2.24, 2.45) is 0 Å². The number of anilines is 1. The predicted molar refractivity (Wildman–Crippen MR) is 109 cm³/mol. The van der Waals surface area contributed by atoms with Gasteiger partial charge in [0.25, 0.3) is 0 Å². The van der Waals surface area contributed by atoms with E-state index in [2.05, 4.69) is 5.32 Å². The van der Waals surface area contributed by atoms with Crippen molar-refractivity contribution in [2.75, 3.05) is 32.7 Å². The Kier molecular flexibility index (Phi) is 4.79. The van der Waals surface area contributed by atoms with Crippen LogP contribution in [0.3, 0.4) is 0 Å². The molecule has 0 saturated heterocycles. The lowest BCUT2D eigenvalue weighted by atomic mass is 10.0. The van der Waals surface area contributed by atoms with Gasteiger partial charge >= 0.3 is 5.63 Å². The number of ether oxygens (including phenoxy) is 2. The van der Waals surface area contributed by atoms with Crippen molar-refractivity contribution in [3.8, 4) is 16.9 Å². The minimum atomic E-state index is -0.425. The molecule has 6 heteroatoms. The van der Waals surface area contributed by atoms with Crippen LogP contribution in [-0.2, 0) is 4.74 Å². The Morgan fingerprint density at radius 3 is 2.50 bits per heavy atom. The van der Waals surface area contributed by atoms with E-state index in [0.29, 0.717) is 41.2 Å². The average molecular weight is 379 g/mol. The molecule has 0 atom stereocenters. The van der Waals surface area contributed by atoms with Crippen LogP contribution >= 0.6 is 0 Å². The molecule has 2 heterocycles. The molecule has 144 valence electrons. The molecular weight excluding hydrogens is 358 g/mol. The third kappa shape index (κ3) is 3.01. The second-order valence-corrected chi connectivity index (χ2v) is 6.50. The van der Waals surface area contributed by atoms with E-state index in [1.807, 2.05) is 49.4 Å². The molecule has 0 fully saturated rings. The summed E-state index contributed by atoms with van der Waals surface area (Å²) >= 11 is 0. The molecule has 2 aromatic heterocycles. The quantitative estimate of drug-likeness (QED) is 0.390. The molecule has 1 N–H and O–H groups in total. The number of aryl methyl sites for hydroxylation is 1. The molecule has 0 aliphatic rings. The highest BCUT2D eigenvalue weighted by Crippen LogP contribution is 2.40. The minimum absolute atomic E-state index is 0.420. The average Bonchev–Trinajstić information content (AvgIpc) is 3.09. The van der Waals surface area contributed by atoms with Crippen molar-refractivity contribution < 1.29 is 18.3 Å². The molecule has 4 rings (SSSR count). The van der Waals surface area contributed by atoms with Crippen molar-refractivity contribution in [1.29, 1.82) is 0 Å². The van der Waals surface area contributed by atoms with Gasteiger partial charge in [-0.3, -0.25) is 0 Å². The molecule has 6 nitrogen and oxygen atoms in total. The number of hydrogen-bond acceptors (Lipinski definition) is 6. The number of para-hydroxylation sites is 1. The molecule has 4 aromatic rings. The van der Waals surface area contributed by atoms with Crippen LogP contribution < -0.4 is 15.7 Å². The number of fused-ring (bicyclic) bond motifs is 3. The third-order valence-corrected chi connectivity index (χ3v) is 4.73. The van der Waals surface area contributed by atoms with Crippen LogP contribution in [0.15, 0.2) is 56.1 Å². The first kappa shape index (κ1) is 18.1. The fraction of sp³-hybridized carbons (Fsp3) is 0.227. The SMILES string of the molecule is COCCNc1oc2c(c1-c1ccc(OC)cc1)c(=O)oc1c(C)cccc12. The van der Waals surface area contributed by atoms with Gasteiger partial charge in [-0.1, -0.05) is 24.3 Å². The van der Waals surface area contributed by atoms with Crippen LogP contribution in [0.5, 0.6) is 5.75 Å². The summed E-state index contributed by atoms with van der Waals surface area (Å²) in [5.74, 6) is 1.25. The van der Waals surface area contributed by atoms with Crippen molar-refractivity contribution in [3.05, 3.63) is 58.4 Å². The number of rotatable bonds is 6. The van der Waals surface area contributed by atoms with Crippen LogP contribution in [0, 0.1) is 6.92 Å². The normalized spacial score (nSPS) is 11.2. The third-order valence-electron chi connectivity index (χ3n) is 4.73. The van der Waals surface area contributed by atoms with Gasteiger partial charge in [0.05, 0.1) is 24.7 Å². The zero-order chi connectivity index (χ0) is 19.7. The van der Waals surface area contributed by atoms with Gasteiger partial charge in [-0.05, 0) is 36.2 Å². The van der Waals surface area contributed by atoms with Gasteiger partial charge in [-0.15, -0.1) is 0 Å². The molecule has 2 aromatic carbocycles. The van der Waals surface area contributed by atoms with E-state index in [4.69, 9.17) is 18.3 Å². The molecule has 0 spiro atoms. The van der Waals surface area contributed by atoms with Gasteiger partial charge in [-0.25, -0.2) is 4.79 Å². The molecule has 0 aliphatic carbocycles. The van der Waals surface area contributed by atoms with E-state index >= 15 is 0 Å². The highest BCUT2D eigenvalue weighted by Gasteiger charge is 2.22. The first-order valence-electron chi connectivity index (χ1n) is 9.00. The van der Waals surface area contributed by atoms with Crippen LogP contribution in [0.25, 0.3) is 33.1 Å². The Hall–Kier alpha value is -3.25. The van der Waals surface area contributed by atoms with Gasteiger partial charge in [0.2, 0.25) is 5.88 Å². The second kappa shape index (κ2) is 7.40. The lowest BCUT2D eigenvalue weighted by molar-refractivity contribution is 0.210. The molecular formula is C22H21NO5. The lowest BCUT2D eigenvalue weighted by Gasteiger charge is -2.07. The number of benzene rings is 2. The summed E-state index contributed by atoms with van der Waals surface area (Å²) in [5, 5.41) is 4.42. The first-order chi connectivity index (χ1) is 13.6. The summed E-state index contributed by atoms with van der Waals surface area (Å²) in [6.07, 6.45) is 0. The topological polar surface area (TPSA) is 73.8 Å². The van der Waals surface area contributed by atoms with Gasteiger partial charge < -0.3 is 23.6 Å². The van der Waals surface area contributed by atoms with Crippen molar-refractivity contribution in [2.45, 2.75) is 6.92 Å². The van der Waals surface area contributed by atoms with Gasteiger partial charge in [0.1, 0.15) is 16.7 Å². The summed E-state index contributed by atoms with van der Waals surface area (Å²) < 4.78 is 22.2. The molecule has 0 unspecified atom stereocenters. The second-order valence-electron chi connectivity index (χ2n) is 6.50. The van der Waals surface area contributed by atoms with Crippen LogP contribution in [0.4, 0.5) is 5.88 Å². The van der Waals surface area contributed by atoms with Crippen LogP contribution in [0.1, 0.15) is 5.56 Å². The molecule has 0 amide bonds. The highest BCUT2D eigenvalue weighted by molar-refractivity contribution is 6.10. The Balaban J connectivity index is 2.01. The van der Waals surface area contributed by atoms with Crippen molar-refractivity contribution >= 4 is 27.8 Å². The lowest BCUT2D eigenvalue weighted by Crippen LogP contribution is -2.07. The zero-order valence-electron chi connectivity index (χ0n) is 16.0. The Morgan fingerprint density at radius 2 is 1.79 bits per heavy atom. The largest absolute Gasteiger partial charge is 0.497 e. The van der Waals surface area contributed by atoms with Crippen molar-refractivity contribution in [1.82, 2.24) is 0 Å². The Labute approximate surface area is 161 Å². The highest BCUT2D eigenvalue weighted by atomic mass is 16.5. The van der Waals surface area contributed by atoms with E-state index < -0.39 is 5.63 Å². The fourth-order valence-electron chi connectivity index (χ4n) is 3.35. The van der Waals surface area contributed by atoms with Crippen LogP contribution in [-0.4, -0.2) is 27.4 Å². The number of hydrogen-bond donors (Lipinski definition) is 1. The monoisotopic (exact) mass is 379 g/mol. The molecule has 28 heavy (non-hydrogen) atoms. The Bertz CT molecular complexity index is 1190. The van der Waals surface area contributed by atoms with E-state index in [1.54, 1.807) is 14.2 Å². The van der Waals surface area contributed by atoms with E-state index in [0.717, 1.165) is 22.3 Å². The minimum Gasteiger partial charge on any atom is -0.497 e. The van der Waals surface area contributed by atoms with Crippen molar-refractivity contribution in [3.63, 3.8) is 0 Å². The Morgan fingerprint density at radius 1 is 1.00 bits per heavy atom. The summed E-state index contributed by atoms with van der Waals surface area (Å²) in [5.41, 5.74) is 3.02. The molecule has 0 saturated carbocycles. The predicted octanol–water partition coefficient (Wildman–Crippen LogP) is 4.58. The van der Waals surface area contributed by atoms with E-state index in [1.165, 1.54) is 0 Å². The zero-order valence-corrected chi connectivity index (χ0v) is 16.0. The maximum absolute atomic E-state index is 12.9. The molecule has 0 bridgehead atoms. The van der Waals surface area contributed by atoms with Crippen LogP contribution in [0.2, 0.25) is 0 Å². The summed E-state index contributed by atoms with van der Waals surface area (Å²) in [6.45, 7) is 2.96. The number of furan rings is 1. The summed E-state index contributed by atoms with van der Waals surface area (Å²) in [4.78, 5) is 12.9. The number of nitrogens with one attached hydrogen (secondary N) is 1. The van der Waals surface area contributed by atoms with E-state index in [-0.39, 0.29) is 0 Å².